The van der Waals surface area contributed by atoms with Gasteiger partial charge in [-0.1, -0.05) is 32.0 Å². The first-order valence-electron chi connectivity index (χ1n) is 6.65. The molecule has 0 atom stereocenters. The van der Waals surface area contributed by atoms with Gasteiger partial charge in [-0.05, 0) is 55.5 Å². The van der Waals surface area contributed by atoms with Gasteiger partial charge in [-0.2, -0.15) is 0 Å². The quantitative estimate of drug-likeness (QED) is 0.712. The van der Waals surface area contributed by atoms with Crippen LogP contribution in [0.4, 0.5) is 0 Å². The minimum Gasteiger partial charge on any atom is -0.330 e. The molecule has 0 radical (unpaired) electrons. The van der Waals surface area contributed by atoms with E-state index in [9.17, 15) is 0 Å². The van der Waals surface area contributed by atoms with Crippen LogP contribution in [-0.2, 0) is 6.54 Å². The average molecular weight is 234 g/mol. The van der Waals surface area contributed by atoms with Gasteiger partial charge in [0.25, 0.3) is 0 Å². The minimum atomic E-state index is 0.603. The van der Waals surface area contributed by atoms with Gasteiger partial charge < -0.3 is 11.1 Å². The van der Waals surface area contributed by atoms with E-state index < -0.39 is 0 Å². The smallest absolute Gasteiger partial charge is 0.0208 e. The zero-order chi connectivity index (χ0) is 12.7. The Hall–Kier alpha value is -0.860. The van der Waals surface area contributed by atoms with E-state index in [2.05, 4.69) is 44.3 Å². The molecular weight excluding hydrogens is 208 g/mol. The van der Waals surface area contributed by atoms with E-state index in [-0.39, 0.29) is 0 Å². The number of hydrogen-bond acceptors (Lipinski definition) is 2. The van der Waals surface area contributed by atoms with E-state index in [4.69, 9.17) is 5.73 Å². The first-order valence-corrected chi connectivity index (χ1v) is 6.65. The van der Waals surface area contributed by atoms with E-state index in [0.717, 1.165) is 26.1 Å². The minimum absolute atomic E-state index is 0.603. The lowest BCUT2D eigenvalue weighted by Crippen LogP contribution is -2.16. The van der Waals surface area contributed by atoms with E-state index in [1.165, 1.54) is 23.1 Å². The summed E-state index contributed by atoms with van der Waals surface area (Å²) in [7, 11) is 0. The molecule has 0 aromatic heterocycles. The largest absolute Gasteiger partial charge is 0.330 e. The molecule has 96 valence electrons. The summed E-state index contributed by atoms with van der Waals surface area (Å²) >= 11 is 0. The van der Waals surface area contributed by atoms with E-state index in [1.54, 1.807) is 0 Å². The number of hydrogen-bond donors (Lipinski definition) is 2. The van der Waals surface area contributed by atoms with Gasteiger partial charge in [0, 0.05) is 6.54 Å². The predicted octanol–water partition coefficient (Wildman–Crippen LogP) is 2.95. The van der Waals surface area contributed by atoms with E-state index in [1.807, 2.05) is 0 Å². The summed E-state index contributed by atoms with van der Waals surface area (Å²) in [6, 6.07) is 6.79. The molecule has 0 amide bonds. The van der Waals surface area contributed by atoms with Crippen molar-refractivity contribution in [3.05, 3.63) is 34.9 Å². The molecule has 0 bridgehead atoms. The van der Waals surface area contributed by atoms with Crippen LogP contribution in [0, 0.1) is 6.92 Å². The molecule has 0 spiro atoms. The second-order valence-corrected chi connectivity index (χ2v) is 5.01. The van der Waals surface area contributed by atoms with Crippen LogP contribution in [0.3, 0.4) is 0 Å². The summed E-state index contributed by atoms with van der Waals surface area (Å²) in [6.07, 6.45) is 2.28. The highest BCUT2D eigenvalue weighted by atomic mass is 14.8. The SMILES string of the molecule is Cc1ccc(C(C)C)cc1CNCCCCN. The lowest BCUT2D eigenvalue weighted by molar-refractivity contribution is 0.625. The van der Waals surface area contributed by atoms with Crippen molar-refractivity contribution in [1.29, 1.82) is 0 Å². The Morgan fingerprint density at radius 3 is 2.65 bits per heavy atom. The molecule has 2 heteroatoms. The zero-order valence-electron chi connectivity index (χ0n) is 11.4. The molecule has 3 N–H and O–H groups in total. The van der Waals surface area contributed by atoms with E-state index >= 15 is 0 Å². The van der Waals surface area contributed by atoms with Crippen LogP contribution in [0.1, 0.15) is 49.3 Å². The maximum atomic E-state index is 5.47. The summed E-state index contributed by atoms with van der Waals surface area (Å²) in [5.41, 5.74) is 9.69. The molecule has 1 rings (SSSR count). The molecule has 0 aliphatic heterocycles. The topological polar surface area (TPSA) is 38.0 Å². The molecule has 0 fully saturated rings. The Labute approximate surface area is 106 Å². The number of unbranched alkanes of at least 4 members (excludes halogenated alkanes) is 1. The molecule has 0 aliphatic carbocycles. The molecule has 0 aliphatic rings. The third-order valence-corrected chi connectivity index (χ3v) is 3.16. The monoisotopic (exact) mass is 234 g/mol. The number of nitrogens with two attached hydrogens (primary N) is 1. The summed E-state index contributed by atoms with van der Waals surface area (Å²) in [6.45, 7) is 9.48. The van der Waals surface area contributed by atoms with Crippen molar-refractivity contribution in [2.75, 3.05) is 13.1 Å². The number of rotatable bonds is 7. The summed E-state index contributed by atoms with van der Waals surface area (Å²) in [4.78, 5) is 0. The predicted molar refractivity (Wildman–Crippen MR) is 75.3 cm³/mol. The summed E-state index contributed by atoms with van der Waals surface area (Å²) in [5, 5.41) is 3.49. The maximum absolute atomic E-state index is 5.47. The van der Waals surface area contributed by atoms with Crippen LogP contribution in [0.2, 0.25) is 0 Å². The Bertz CT molecular complexity index is 332. The van der Waals surface area contributed by atoms with Crippen molar-refractivity contribution in [2.24, 2.45) is 5.73 Å². The lowest BCUT2D eigenvalue weighted by atomic mass is 9.98. The number of aryl methyl sites for hydroxylation is 1. The highest BCUT2D eigenvalue weighted by Crippen LogP contribution is 2.18. The third kappa shape index (κ3) is 4.88. The fraction of sp³-hybridized carbons (Fsp3) is 0.600. The fourth-order valence-corrected chi connectivity index (χ4v) is 1.86. The molecule has 1 aromatic rings. The third-order valence-electron chi connectivity index (χ3n) is 3.16. The van der Waals surface area contributed by atoms with Crippen molar-refractivity contribution in [3.63, 3.8) is 0 Å². The van der Waals surface area contributed by atoms with Crippen molar-refractivity contribution < 1.29 is 0 Å². The Morgan fingerprint density at radius 1 is 1.24 bits per heavy atom. The lowest BCUT2D eigenvalue weighted by Gasteiger charge is -2.12. The molecule has 0 unspecified atom stereocenters. The molecule has 1 aromatic carbocycles. The molecule has 0 saturated carbocycles. The normalized spacial score (nSPS) is 11.1. The molecule has 0 saturated heterocycles. The Kier molecular flexibility index (Phi) is 6.23. The molecule has 17 heavy (non-hydrogen) atoms. The fourth-order valence-electron chi connectivity index (χ4n) is 1.86. The Morgan fingerprint density at radius 2 is 2.00 bits per heavy atom. The standard InChI is InChI=1S/C15H26N2/c1-12(2)14-7-6-13(3)15(10-14)11-17-9-5-4-8-16/h6-7,10,12,17H,4-5,8-9,11,16H2,1-3H3. The van der Waals surface area contributed by atoms with Crippen LogP contribution < -0.4 is 11.1 Å². The van der Waals surface area contributed by atoms with Crippen LogP contribution in [-0.4, -0.2) is 13.1 Å². The average Bonchev–Trinajstić information content (AvgIpc) is 2.30. The first kappa shape index (κ1) is 14.2. The van der Waals surface area contributed by atoms with Gasteiger partial charge in [0.05, 0.1) is 0 Å². The zero-order valence-corrected chi connectivity index (χ0v) is 11.4. The van der Waals surface area contributed by atoms with Crippen LogP contribution in [0.25, 0.3) is 0 Å². The van der Waals surface area contributed by atoms with E-state index in [0.29, 0.717) is 5.92 Å². The van der Waals surface area contributed by atoms with Crippen molar-refractivity contribution in [3.8, 4) is 0 Å². The Balaban J connectivity index is 2.49. The van der Waals surface area contributed by atoms with Crippen molar-refractivity contribution >= 4 is 0 Å². The molecule has 0 heterocycles. The first-order chi connectivity index (χ1) is 8.15. The second kappa shape index (κ2) is 7.46. The van der Waals surface area contributed by atoms with Gasteiger partial charge in [-0.25, -0.2) is 0 Å². The van der Waals surface area contributed by atoms with Gasteiger partial charge >= 0.3 is 0 Å². The summed E-state index contributed by atoms with van der Waals surface area (Å²) in [5.74, 6) is 0.603. The highest BCUT2D eigenvalue weighted by molar-refractivity contribution is 5.32. The van der Waals surface area contributed by atoms with Crippen molar-refractivity contribution in [1.82, 2.24) is 5.32 Å². The van der Waals surface area contributed by atoms with Crippen LogP contribution in [0.15, 0.2) is 18.2 Å². The summed E-state index contributed by atoms with van der Waals surface area (Å²) < 4.78 is 0. The van der Waals surface area contributed by atoms with Crippen LogP contribution in [0.5, 0.6) is 0 Å². The molecule has 2 nitrogen and oxygen atoms in total. The van der Waals surface area contributed by atoms with Gasteiger partial charge in [-0.3, -0.25) is 0 Å². The molecular formula is C15H26N2. The maximum Gasteiger partial charge on any atom is 0.0208 e. The highest BCUT2D eigenvalue weighted by Gasteiger charge is 2.03. The van der Waals surface area contributed by atoms with Crippen molar-refractivity contribution in [2.45, 2.75) is 46.1 Å². The second-order valence-electron chi connectivity index (χ2n) is 5.01. The number of benzene rings is 1. The van der Waals surface area contributed by atoms with Gasteiger partial charge in [-0.15, -0.1) is 0 Å². The number of nitrogens with one attached hydrogen (secondary N) is 1. The van der Waals surface area contributed by atoms with Gasteiger partial charge in [0.15, 0.2) is 0 Å². The van der Waals surface area contributed by atoms with Gasteiger partial charge in [0.1, 0.15) is 0 Å². The van der Waals surface area contributed by atoms with Gasteiger partial charge in [0.2, 0.25) is 0 Å². The van der Waals surface area contributed by atoms with Crippen LogP contribution >= 0.6 is 0 Å².